The van der Waals surface area contributed by atoms with Crippen LogP contribution >= 0.6 is 0 Å². The lowest BCUT2D eigenvalue weighted by molar-refractivity contribution is 0.414. The van der Waals surface area contributed by atoms with Crippen LogP contribution in [-0.4, -0.2) is 40.5 Å². The second-order valence-electron chi connectivity index (χ2n) is 3.78. The highest BCUT2D eigenvalue weighted by Gasteiger charge is 2.11. The van der Waals surface area contributed by atoms with Crippen molar-refractivity contribution in [3.8, 4) is 5.75 Å². The summed E-state index contributed by atoms with van der Waals surface area (Å²) in [6.45, 7) is 0.382. The smallest absolute Gasteiger partial charge is 0.278 e. The van der Waals surface area contributed by atoms with Gasteiger partial charge < -0.3 is 4.74 Å². The molecule has 0 amide bonds. The number of nitrogens with zero attached hydrogens (tertiary/aromatic N) is 1. The quantitative estimate of drug-likeness (QED) is 0.814. The largest absolute Gasteiger partial charge is 0.497 e. The maximum atomic E-state index is 11.4. The van der Waals surface area contributed by atoms with Crippen LogP contribution in [-0.2, 0) is 16.6 Å². The van der Waals surface area contributed by atoms with Gasteiger partial charge in [-0.1, -0.05) is 12.1 Å². The molecule has 17 heavy (non-hydrogen) atoms. The molecule has 0 aromatic heterocycles. The standard InChI is InChI=1S/C11H18N2O3S/c1-13(2)17(14,15)12-9-8-10-4-6-11(16-3)7-5-10/h4-7,12H,8-9H2,1-3H3. The molecule has 0 atom stereocenters. The van der Waals surface area contributed by atoms with Crippen molar-refractivity contribution in [1.29, 1.82) is 0 Å². The Bertz CT molecular complexity index is 440. The zero-order chi connectivity index (χ0) is 12.9. The molecule has 0 aliphatic rings. The Morgan fingerprint density at radius 1 is 1.24 bits per heavy atom. The summed E-state index contributed by atoms with van der Waals surface area (Å²) in [4.78, 5) is 0. The summed E-state index contributed by atoms with van der Waals surface area (Å²) in [5.41, 5.74) is 1.06. The first kappa shape index (κ1) is 14.0. The molecule has 0 unspecified atom stereocenters. The normalized spacial score (nSPS) is 11.8. The van der Waals surface area contributed by atoms with Crippen LogP contribution < -0.4 is 9.46 Å². The molecule has 0 heterocycles. The van der Waals surface area contributed by atoms with Crippen molar-refractivity contribution in [2.24, 2.45) is 0 Å². The maximum Gasteiger partial charge on any atom is 0.278 e. The molecule has 0 aliphatic heterocycles. The SMILES string of the molecule is COc1ccc(CCNS(=O)(=O)N(C)C)cc1. The van der Waals surface area contributed by atoms with Crippen LogP contribution in [0.1, 0.15) is 5.56 Å². The maximum absolute atomic E-state index is 11.4. The molecular formula is C11H18N2O3S. The zero-order valence-corrected chi connectivity index (χ0v) is 11.1. The first-order valence-corrected chi connectivity index (χ1v) is 6.70. The molecule has 1 aromatic carbocycles. The second kappa shape index (κ2) is 6.00. The molecule has 0 spiro atoms. The van der Waals surface area contributed by atoms with Gasteiger partial charge in [-0.05, 0) is 24.1 Å². The summed E-state index contributed by atoms with van der Waals surface area (Å²) in [5, 5.41) is 0. The highest BCUT2D eigenvalue weighted by molar-refractivity contribution is 7.87. The fraction of sp³-hybridized carbons (Fsp3) is 0.455. The summed E-state index contributed by atoms with van der Waals surface area (Å²) in [5.74, 6) is 0.794. The molecule has 1 aromatic rings. The Kier molecular flexibility index (Phi) is 4.92. The van der Waals surface area contributed by atoms with E-state index >= 15 is 0 Å². The van der Waals surface area contributed by atoms with E-state index in [2.05, 4.69) is 4.72 Å². The number of benzene rings is 1. The van der Waals surface area contributed by atoms with E-state index in [4.69, 9.17) is 4.74 Å². The number of nitrogens with one attached hydrogen (secondary N) is 1. The van der Waals surface area contributed by atoms with Crippen LogP contribution in [0.25, 0.3) is 0 Å². The van der Waals surface area contributed by atoms with E-state index in [1.807, 2.05) is 24.3 Å². The summed E-state index contributed by atoms with van der Waals surface area (Å²) in [7, 11) is 1.28. The van der Waals surface area contributed by atoms with Gasteiger partial charge in [-0.2, -0.15) is 12.7 Å². The van der Waals surface area contributed by atoms with Gasteiger partial charge in [-0.15, -0.1) is 0 Å². The monoisotopic (exact) mass is 258 g/mol. The molecule has 0 aliphatic carbocycles. The van der Waals surface area contributed by atoms with Gasteiger partial charge in [0, 0.05) is 20.6 Å². The molecule has 96 valence electrons. The van der Waals surface area contributed by atoms with Crippen LogP contribution in [0.5, 0.6) is 5.75 Å². The van der Waals surface area contributed by atoms with Gasteiger partial charge in [0.1, 0.15) is 5.75 Å². The van der Waals surface area contributed by atoms with E-state index in [0.717, 1.165) is 15.6 Å². The Morgan fingerprint density at radius 2 is 1.82 bits per heavy atom. The van der Waals surface area contributed by atoms with Gasteiger partial charge in [-0.25, -0.2) is 4.72 Å². The first-order chi connectivity index (χ1) is 7.95. The molecule has 1 rings (SSSR count). The third-order valence-electron chi connectivity index (χ3n) is 2.34. The number of hydrogen-bond acceptors (Lipinski definition) is 3. The lowest BCUT2D eigenvalue weighted by Gasteiger charge is -2.12. The molecule has 1 N–H and O–H groups in total. The number of ether oxygens (including phenoxy) is 1. The highest BCUT2D eigenvalue weighted by Crippen LogP contribution is 2.11. The summed E-state index contributed by atoms with van der Waals surface area (Å²) < 4.78 is 31.5. The number of hydrogen-bond donors (Lipinski definition) is 1. The lowest BCUT2D eigenvalue weighted by Crippen LogP contribution is -2.36. The molecule has 0 bridgehead atoms. The summed E-state index contributed by atoms with van der Waals surface area (Å²) in [6.07, 6.45) is 0.650. The van der Waals surface area contributed by atoms with Gasteiger partial charge in [0.05, 0.1) is 7.11 Å². The topological polar surface area (TPSA) is 58.6 Å². The van der Waals surface area contributed by atoms with Crippen molar-refractivity contribution in [2.45, 2.75) is 6.42 Å². The van der Waals surface area contributed by atoms with Gasteiger partial charge in [-0.3, -0.25) is 0 Å². The van der Waals surface area contributed by atoms with E-state index < -0.39 is 10.2 Å². The van der Waals surface area contributed by atoms with Crippen molar-refractivity contribution in [2.75, 3.05) is 27.7 Å². The third kappa shape index (κ3) is 4.33. The highest BCUT2D eigenvalue weighted by atomic mass is 32.2. The average molecular weight is 258 g/mol. The van der Waals surface area contributed by atoms with Crippen LogP contribution in [0.2, 0.25) is 0 Å². The van der Waals surface area contributed by atoms with Crippen LogP contribution in [0, 0.1) is 0 Å². The van der Waals surface area contributed by atoms with Crippen LogP contribution in [0.4, 0.5) is 0 Å². The Labute approximate surface area is 103 Å². The predicted octanol–water partition coefficient (Wildman–Crippen LogP) is 0.634. The lowest BCUT2D eigenvalue weighted by atomic mass is 10.1. The minimum Gasteiger partial charge on any atom is -0.497 e. The zero-order valence-electron chi connectivity index (χ0n) is 10.3. The van der Waals surface area contributed by atoms with Crippen molar-refractivity contribution < 1.29 is 13.2 Å². The van der Waals surface area contributed by atoms with E-state index in [1.54, 1.807) is 7.11 Å². The predicted molar refractivity (Wildman–Crippen MR) is 67.3 cm³/mol. The molecule has 6 heteroatoms. The van der Waals surface area contributed by atoms with E-state index in [9.17, 15) is 8.42 Å². The second-order valence-corrected chi connectivity index (χ2v) is 5.75. The van der Waals surface area contributed by atoms with E-state index in [1.165, 1.54) is 14.1 Å². The Balaban J connectivity index is 2.46. The van der Waals surface area contributed by atoms with Crippen molar-refractivity contribution >= 4 is 10.2 Å². The van der Waals surface area contributed by atoms with Crippen molar-refractivity contribution in [3.05, 3.63) is 29.8 Å². The van der Waals surface area contributed by atoms with Gasteiger partial charge in [0.2, 0.25) is 0 Å². The summed E-state index contributed by atoms with van der Waals surface area (Å²) in [6, 6.07) is 7.55. The number of rotatable bonds is 6. The first-order valence-electron chi connectivity index (χ1n) is 5.26. The fourth-order valence-corrected chi connectivity index (χ4v) is 1.86. The molecular weight excluding hydrogens is 240 g/mol. The van der Waals surface area contributed by atoms with Crippen molar-refractivity contribution in [1.82, 2.24) is 9.03 Å². The third-order valence-corrected chi connectivity index (χ3v) is 3.87. The van der Waals surface area contributed by atoms with Crippen molar-refractivity contribution in [3.63, 3.8) is 0 Å². The molecule has 0 fully saturated rings. The number of methoxy groups -OCH3 is 1. The van der Waals surface area contributed by atoms with Gasteiger partial charge in [0.15, 0.2) is 0 Å². The fourth-order valence-electron chi connectivity index (χ4n) is 1.25. The Morgan fingerprint density at radius 3 is 2.29 bits per heavy atom. The van der Waals surface area contributed by atoms with E-state index in [0.29, 0.717) is 13.0 Å². The molecule has 5 nitrogen and oxygen atoms in total. The van der Waals surface area contributed by atoms with Gasteiger partial charge in [0.25, 0.3) is 10.2 Å². The average Bonchev–Trinajstić information content (AvgIpc) is 2.29. The minimum atomic E-state index is -3.32. The van der Waals surface area contributed by atoms with Crippen LogP contribution in [0.3, 0.4) is 0 Å². The summed E-state index contributed by atoms with van der Waals surface area (Å²) >= 11 is 0. The molecule has 0 radical (unpaired) electrons. The van der Waals surface area contributed by atoms with E-state index in [-0.39, 0.29) is 0 Å². The van der Waals surface area contributed by atoms with Crippen LogP contribution in [0.15, 0.2) is 24.3 Å². The van der Waals surface area contributed by atoms with Gasteiger partial charge >= 0.3 is 0 Å². The molecule has 0 saturated heterocycles. The minimum absolute atomic E-state index is 0.382. The molecule has 0 saturated carbocycles. The Hall–Kier alpha value is -1.11.